The third-order valence-corrected chi connectivity index (χ3v) is 3.40. The Hall–Kier alpha value is -1.02. The lowest BCUT2D eigenvalue weighted by molar-refractivity contribution is 0.0549. The molecule has 1 aliphatic carbocycles. The largest absolute Gasteiger partial charge is 0.492 e. The quantitative estimate of drug-likeness (QED) is 0.651. The van der Waals surface area contributed by atoms with Gasteiger partial charge >= 0.3 is 0 Å². The average molecular weight is 176 g/mol. The van der Waals surface area contributed by atoms with Gasteiger partial charge in [0.2, 0.25) is 0 Å². The molecule has 0 unspecified atom stereocenters. The zero-order valence-electron chi connectivity index (χ0n) is 7.58. The Morgan fingerprint density at radius 1 is 1.38 bits per heavy atom. The molecule has 0 amide bonds. The molecule has 2 aliphatic rings. The first kappa shape index (κ1) is 7.39. The molecule has 68 valence electrons. The summed E-state index contributed by atoms with van der Waals surface area (Å²) in [5.41, 5.74) is 0.312. The van der Waals surface area contributed by atoms with Crippen LogP contribution >= 0.6 is 0 Å². The van der Waals surface area contributed by atoms with Crippen molar-refractivity contribution >= 4 is 0 Å². The number of benzene rings is 1. The molecule has 0 spiro atoms. The van der Waals surface area contributed by atoms with Gasteiger partial charge in [-0.25, -0.2) is 0 Å². The zero-order valence-corrected chi connectivity index (χ0v) is 7.58. The van der Waals surface area contributed by atoms with E-state index >= 15 is 0 Å². The molecule has 1 heterocycles. The van der Waals surface area contributed by atoms with E-state index in [0.717, 1.165) is 17.7 Å². The number of hydrogen-bond acceptors (Lipinski definition) is 2. The Morgan fingerprint density at radius 2 is 2.15 bits per heavy atom. The molecule has 0 bridgehead atoms. The van der Waals surface area contributed by atoms with Crippen LogP contribution in [0.2, 0.25) is 0 Å². The number of hydrogen-bond donors (Lipinski definition) is 1. The van der Waals surface area contributed by atoms with Gasteiger partial charge in [0.05, 0.1) is 6.61 Å². The molecule has 1 aliphatic heterocycles. The lowest BCUT2D eigenvalue weighted by Crippen LogP contribution is -2.27. The third kappa shape index (κ3) is 0.724. The molecule has 2 atom stereocenters. The molecule has 1 aromatic carbocycles. The van der Waals surface area contributed by atoms with Gasteiger partial charge in [-0.3, -0.25) is 0 Å². The van der Waals surface area contributed by atoms with Crippen LogP contribution in [0.5, 0.6) is 5.75 Å². The number of para-hydroxylation sites is 1. The summed E-state index contributed by atoms with van der Waals surface area (Å²) in [6, 6.07) is 7.77. The molecular formula is C11H12O2. The van der Waals surface area contributed by atoms with E-state index in [2.05, 4.69) is 6.92 Å². The van der Waals surface area contributed by atoms with Crippen molar-refractivity contribution in [3.05, 3.63) is 29.8 Å². The van der Waals surface area contributed by atoms with Gasteiger partial charge in [0.1, 0.15) is 11.4 Å². The first-order valence-corrected chi connectivity index (χ1v) is 4.60. The molecule has 0 aromatic heterocycles. The maximum atomic E-state index is 10.3. The Balaban J connectivity index is 2.19. The smallest absolute Gasteiger partial charge is 0.125 e. The molecule has 1 saturated carbocycles. The van der Waals surface area contributed by atoms with Crippen LogP contribution in [0.25, 0.3) is 0 Å². The standard InChI is InChI=1S/C11H12O2/c1-10-6-11(10,12)8-4-2-3-5-9(8)13-7-10/h2-5,12H,6-7H2,1H3/t10-,11-/m1/s1. The second kappa shape index (κ2) is 1.90. The fourth-order valence-electron chi connectivity index (χ4n) is 2.28. The summed E-state index contributed by atoms with van der Waals surface area (Å²) in [6.07, 6.45) is 0.830. The van der Waals surface area contributed by atoms with Gasteiger partial charge in [0, 0.05) is 11.0 Å². The molecule has 2 nitrogen and oxygen atoms in total. The van der Waals surface area contributed by atoms with Crippen LogP contribution in [0.1, 0.15) is 18.9 Å². The van der Waals surface area contributed by atoms with Crippen LogP contribution < -0.4 is 4.74 Å². The SMILES string of the molecule is C[C@@]12COc3ccccc3[C@]1(O)C2. The van der Waals surface area contributed by atoms with Gasteiger partial charge in [-0.15, -0.1) is 0 Å². The van der Waals surface area contributed by atoms with E-state index in [-0.39, 0.29) is 5.41 Å². The van der Waals surface area contributed by atoms with Gasteiger partial charge in [-0.1, -0.05) is 25.1 Å². The lowest BCUT2D eigenvalue weighted by Gasteiger charge is -2.26. The molecule has 1 N–H and O–H groups in total. The predicted octanol–water partition coefficient (Wildman–Crippen LogP) is 1.68. The molecule has 1 aromatic rings. The summed E-state index contributed by atoms with van der Waals surface area (Å²) in [7, 11) is 0. The van der Waals surface area contributed by atoms with E-state index < -0.39 is 5.60 Å². The molecular weight excluding hydrogens is 164 g/mol. The maximum absolute atomic E-state index is 10.3. The lowest BCUT2D eigenvalue weighted by atomic mass is 9.95. The molecule has 13 heavy (non-hydrogen) atoms. The number of rotatable bonds is 0. The zero-order chi connectivity index (χ0) is 9.10. The van der Waals surface area contributed by atoms with Crippen LogP contribution in [0, 0.1) is 5.41 Å². The fourth-order valence-corrected chi connectivity index (χ4v) is 2.28. The van der Waals surface area contributed by atoms with Crippen LogP contribution in [0.4, 0.5) is 0 Å². The minimum absolute atomic E-state index is 0.0403. The Morgan fingerprint density at radius 3 is 3.00 bits per heavy atom. The monoisotopic (exact) mass is 176 g/mol. The normalized spacial score (nSPS) is 40.2. The topological polar surface area (TPSA) is 29.5 Å². The van der Waals surface area contributed by atoms with E-state index in [0.29, 0.717) is 6.61 Å². The van der Waals surface area contributed by atoms with Crippen molar-refractivity contribution in [2.45, 2.75) is 18.9 Å². The highest BCUT2D eigenvalue weighted by atomic mass is 16.5. The van der Waals surface area contributed by atoms with Gasteiger partial charge in [0.15, 0.2) is 0 Å². The fraction of sp³-hybridized carbons (Fsp3) is 0.455. The van der Waals surface area contributed by atoms with E-state index in [1.807, 2.05) is 24.3 Å². The molecule has 3 rings (SSSR count). The number of ether oxygens (including phenoxy) is 1. The van der Waals surface area contributed by atoms with Gasteiger partial charge < -0.3 is 9.84 Å². The van der Waals surface area contributed by atoms with Crippen molar-refractivity contribution in [2.75, 3.05) is 6.61 Å². The van der Waals surface area contributed by atoms with Crippen LogP contribution in [-0.4, -0.2) is 11.7 Å². The van der Waals surface area contributed by atoms with Crippen molar-refractivity contribution in [3.8, 4) is 5.75 Å². The van der Waals surface area contributed by atoms with Crippen molar-refractivity contribution in [3.63, 3.8) is 0 Å². The van der Waals surface area contributed by atoms with E-state index in [9.17, 15) is 5.11 Å². The molecule has 2 heteroatoms. The van der Waals surface area contributed by atoms with Gasteiger partial charge in [0.25, 0.3) is 0 Å². The van der Waals surface area contributed by atoms with Crippen molar-refractivity contribution < 1.29 is 9.84 Å². The molecule has 1 fully saturated rings. The number of fused-ring (bicyclic) bond motifs is 3. The van der Waals surface area contributed by atoms with Gasteiger partial charge in [-0.05, 0) is 12.5 Å². The summed E-state index contributed by atoms with van der Waals surface area (Å²) >= 11 is 0. The highest BCUT2D eigenvalue weighted by molar-refractivity contribution is 5.46. The van der Waals surface area contributed by atoms with E-state index in [4.69, 9.17) is 4.74 Å². The Bertz CT molecular complexity index is 370. The van der Waals surface area contributed by atoms with Crippen molar-refractivity contribution in [2.24, 2.45) is 5.41 Å². The second-order valence-electron chi connectivity index (χ2n) is 4.38. The molecule has 0 radical (unpaired) electrons. The molecule has 0 saturated heterocycles. The number of aliphatic hydroxyl groups is 1. The first-order valence-electron chi connectivity index (χ1n) is 4.60. The summed E-state index contributed by atoms with van der Waals surface area (Å²) in [6.45, 7) is 2.71. The van der Waals surface area contributed by atoms with Crippen molar-refractivity contribution in [1.82, 2.24) is 0 Å². The van der Waals surface area contributed by atoms with E-state index in [1.54, 1.807) is 0 Å². The highest BCUT2D eigenvalue weighted by Gasteiger charge is 2.68. The second-order valence-corrected chi connectivity index (χ2v) is 4.38. The summed E-state index contributed by atoms with van der Waals surface area (Å²) < 4.78 is 5.59. The van der Waals surface area contributed by atoms with Crippen LogP contribution in [0.15, 0.2) is 24.3 Å². The highest BCUT2D eigenvalue weighted by Crippen LogP contribution is 2.66. The van der Waals surface area contributed by atoms with Crippen LogP contribution in [-0.2, 0) is 5.60 Å². The first-order chi connectivity index (χ1) is 6.16. The summed E-state index contributed by atoms with van der Waals surface area (Å²) in [4.78, 5) is 0. The van der Waals surface area contributed by atoms with Gasteiger partial charge in [-0.2, -0.15) is 0 Å². The predicted molar refractivity (Wildman–Crippen MR) is 48.6 cm³/mol. The minimum atomic E-state index is -0.609. The summed E-state index contributed by atoms with van der Waals surface area (Å²) in [5, 5.41) is 10.3. The average Bonchev–Trinajstić information content (AvgIpc) is 2.71. The maximum Gasteiger partial charge on any atom is 0.125 e. The third-order valence-electron chi connectivity index (χ3n) is 3.40. The summed E-state index contributed by atoms with van der Waals surface area (Å²) in [5.74, 6) is 0.847. The van der Waals surface area contributed by atoms with E-state index in [1.165, 1.54) is 0 Å². The van der Waals surface area contributed by atoms with Crippen molar-refractivity contribution in [1.29, 1.82) is 0 Å². The Labute approximate surface area is 77.2 Å². The Kier molecular flexibility index (Phi) is 1.08. The minimum Gasteiger partial charge on any atom is -0.492 e. The van der Waals surface area contributed by atoms with Crippen LogP contribution in [0.3, 0.4) is 0 Å².